The number of aromatic nitrogens is 1. The van der Waals surface area contributed by atoms with Gasteiger partial charge in [-0.05, 0) is 24.5 Å². The molecular formula is C15H21NO2S. The number of hydrogen-bond donors (Lipinski definition) is 2. The monoisotopic (exact) mass is 279 g/mol. The fraction of sp³-hybridized carbons (Fsp3) is 0.533. The zero-order valence-corrected chi connectivity index (χ0v) is 12.3. The molecule has 0 spiro atoms. The van der Waals surface area contributed by atoms with Crippen LogP contribution < -0.4 is 0 Å². The van der Waals surface area contributed by atoms with Gasteiger partial charge in [0.1, 0.15) is 0 Å². The van der Waals surface area contributed by atoms with Crippen LogP contribution in [0.1, 0.15) is 25.3 Å². The summed E-state index contributed by atoms with van der Waals surface area (Å²) >= 11 is 1.65. The third-order valence-electron chi connectivity index (χ3n) is 3.38. The van der Waals surface area contributed by atoms with Gasteiger partial charge in [0, 0.05) is 11.8 Å². The Morgan fingerprint density at radius 3 is 2.47 bits per heavy atom. The van der Waals surface area contributed by atoms with Crippen molar-refractivity contribution in [2.24, 2.45) is 11.3 Å². The first-order valence-electron chi connectivity index (χ1n) is 6.65. The maximum absolute atomic E-state index is 9.68. The lowest BCUT2D eigenvalue weighted by molar-refractivity contribution is 0.0369. The second-order valence-electron chi connectivity index (χ2n) is 5.67. The number of nitrogens with zero attached hydrogens (tertiary/aromatic N) is 1. The summed E-state index contributed by atoms with van der Waals surface area (Å²) in [7, 11) is 0. The van der Waals surface area contributed by atoms with Crippen molar-refractivity contribution in [3.05, 3.63) is 29.3 Å². The highest BCUT2D eigenvalue weighted by molar-refractivity contribution is 7.18. The van der Waals surface area contributed by atoms with E-state index in [1.807, 2.05) is 18.2 Å². The Balaban J connectivity index is 2.25. The number of thiazole rings is 1. The largest absolute Gasteiger partial charge is 0.396 e. The topological polar surface area (TPSA) is 53.4 Å². The Bertz CT molecular complexity index is 499. The molecule has 0 aliphatic heterocycles. The van der Waals surface area contributed by atoms with Crippen LogP contribution in [0.5, 0.6) is 0 Å². The van der Waals surface area contributed by atoms with E-state index in [1.165, 1.54) is 0 Å². The van der Waals surface area contributed by atoms with Crippen LogP contribution in [0.2, 0.25) is 0 Å². The zero-order valence-electron chi connectivity index (χ0n) is 11.5. The number of aliphatic hydroxyl groups excluding tert-OH is 2. The molecule has 0 unspecified atom stereocenters. The number of para-hydroxylation sites is 1. The fourth-order valence-electron chi connectivity index (χ4n) is 2.55. The first-order valence-corrected chi connectivity index (χ1v) is 7.46. The molecule has 0 aliphatic rings. The highest BCUT2D eigenvalue weighted by Crippen LogP contribution is 2.33. The summed E-state index contributed by atoms with van der Waals surface area (Å²) < 4.78 is 1.16. The minimum atomic E-state index is -0.456. The van der Waals surface area contributed by atoms with Crippen LogP contribution in [-0.4, -0.2) is 28.4 Å². The highest BCUT2D eigenvalue weighted by atomic mass is 32.1. The van der Waals surface area contributed by atoms with E-state index in [0.29, 0.717) is 12.3 Å². The van der Waals surface area contributed by atoms with Gasteiger partial charge in [0.2, 0.25) is 0 Å². The number of aliphatic hydroxyl groups is 2. The average molecular weight is 279 g/mol. The van der Waals surface area contributed by atoms with Gasteiger partial charge in [0.05, 0.1) is 28.4 Å². The molecule has 0 fully saturated rings. The van der Waals surface area contributed by atoms with Gasteiger partial charge < -0.3 is 10.2 Å². The Hall–Kier alpha value is -0.970. The molecule has 0 radical (unpaired) electrons. The Kier molecular flexibility index (Phi) is 4.55. The van der Waals surface area contributed by atoms with E-state index >= 15 is 0 Å². The molecule has 0 saturated carbocycles. The summed E-state index contributed by atoms with van der Waals surface area (Å²) in [6, 6.07) is 8.03. The molecule has 2 N–H and O–H groups in total. The van der Waals surface area contributed by atoms with Gasteiger partial charge in [0.15, 0.2) is 0 Å². The average Bonchev–Trinajstić information content (AvgIpc) is 2.79. The van der Waals surface area contributed by atoms with Crippen molar-refractivity contribution in [1.82, 2.24) is 4.98 Å². The second kappa shape index (κ2) is 5.99. The van der Waals surface area contributed by atoms with Gasteiger partial charge in [-0.25, -0.2) is 4.98 Å². The third-order valence-corrected chi connectivity index (χ3v) is 4.41. The van der Waals surface area contributed by atoms with E-state index in [2.05, 4.69) is 24.9 Å². The van der Waals surface area contributed by atoms with Crippen LogP contribution >= 0.6 is 11.3 Å². The van der Waals surface area contributed by atoms with Crippen molar-refractivity contribution in [2.75, 3.05) is 13.2 Å². The predicted octanol–water partition coefficient (Wildman–Crippen LogP) is 2.86. The molecule has 0 amide bonds. The van der Waals surface area contributed by atoms with Gasteiger partial charge in [-0.15, -0.1) is 11.3 Å². The van der Waals surface area contributed by atoms with Crippen molar-refractivity contribution >= 4 is 21.6 Å². The Morgan fingerprint density at radius 1 is 1.21 bits per heavy atom. The summed E-state index contributed by atoms with van der Waals surface area (Å²) in [5.41, 5.74) is 0.541. The summed E-state index contributed by atoms with van der Waals surface area (Å²) in [5.74, 6) is 0.439. The van der Waals surface area contributed by atoms with Crippen LogP contribution in [0, 0.1) is 11.3 Å². The molecule has 3 nitrogen and oxygen atoms in total. The van der Waals surface area contributed by atoms with Crippen LogP contribution in [0.25, 0.3) is 10.2 Å². The molecular weight excluding hydrogens is 258 g/mol. The number of benzene rings is 1. The van der Waals surface area contributed by atoms with E-state index in [9.17, 15) is 10.2 Å². The van der Waals surface area contributed by atoms with Crippen LogP contribution in [-0.2, 0) is 6.42 Å². The third kappa shape index (κ3) is 3.32. The summed E-state index contributed by atoms with van der Waals surface area (Å²) in [5, 5.41) is 20.3. The van der Waals surface area contributed by atoms with Crippen molar-refractivity contribution in [3.63, 3.8) is 0 Å². The normalized spacial score (nSPS) is 12.5. The maximum atomic E-state index is 9.68. The first-order chi connectivity index (χ1) is 9.08. The fourth-order valence-corrected chi connectivity index (χ4v) is 3.69. The molecule has 1 heterocycles. The van der Waals surface area contributed by atoms with E-state index in [4.69, 9.17) is 0 Å². The minimum Gasteiger partial charge on any atom is -0.396 e. The van der Waals surface area contributed by atoms with E-state index in [0.717, 1.165) is 21.6 Å². The number of fused-ring (bicyclic) bond motifs is 1. The first kappa shape index (κ1) is 14.4. The molecule has 2 aromatic rings. The number of hydrogen-bond acceptors (Lipinski definition) is 4. The molecule has 0 atom stereocenters. The predicted molar refractivity (Wildman–Crippen MR) is 79.4 cm³/mol. The molecule has 19 heavy (non-hydrogen) atoms. The van der Waals surface area contributed by atoms with Gasteiger partial charge in [-0.2, -0.15) is 0 Å². The molecule has 0 saturated heterocycles. The summed E-state index contributed by atoms with van der Waals surface area (Å²) in [4.78, 5) is 4.60. The van der Waals surface area contributed by atoms with E-state index in [-0.39, 0.29) is 13.2 Å². The Labute approximate surface area is 117 Å². The molecule has 2 rings (SSSR count). The molecule has 1 aromatic carbocycles. The van der Waals surface area contributed by atoms with E-state index < -0.39 is 5.41 Å². The smallest absolute Gasteiger partial charge is 0.0945 e. The highest BCUT2D eigenvalue weighted by Gasteiger charge is 2.31. The minimum absolute atomic E-state index is 0.00238. The number of rotatable bonds is 6. The van der Waals surface area contributed by atoms with Crippen molar-refractivity contribution < 1.29 is 10.2 Å². The van der Waals surface area contributed by atoms with Gasteiger partial charge >= 0.3 is 0 Å². The Morgan fingerprint density at radius 2 is 1.89 bits per heavy atom. The molecule has 0 aliphatic carbocycles. The molecule has 4 heteroatoms. The van der Waals surface area contributed by atoms with Crippen LogP contribution in [0.4, 0.5) is 0 Å². The zero-order chi connectivity index (χ0) is 13.9. The molecule has 0 bridgehead atoms. The van der Waals surface area contributed by atoms with Crippen LogP contribution in [0.3, 0.4) is 0 Å². The van der Waals surface area contributed by atoms with Crippen molar-refractivity contribution in [3.8, 4) is 0 Å². The lowest BCUT2D eigenvalue weighted by atomic mass is 9.79. The lowest BCUT2D eigenvalue weighted by Gasteiger charge is -2.30. The van der Waals surface area contributed by atoms with Gasteiger partial charge in [-0.3, -0.25) is 0 Å². The van der Waals surface area contributed by atoms with Crippen molar-refractivity contribution in [2.45, 2.75) is 26.7 Å². The van der Waals surface area contributed by atoms with Gasteiger partial charge in [-0.1, -0.05) is 26.0 Å². The molecule has 104 valence electrons. The standard InChI is InChI=1S/C15H21NO2S/c1-11(2)7-15(9-17,10-18)8-14-16-12-5-3-4-6-13(12)19-14/h3-6,11,17-18H,7-10H2,1-2H3. The lowest BCUT2D eigenvalue weighted by Crippen LogP contribution is -2.33. The van der Waals surface area contributed by atoms with E-state index in [1.54, 1.807) is 11.3 Å². The SMILES string of the molecule is CC(C)CC(CO)(CO)Cc1nc2ccccc2s1. The van der Waals surface area contributed by atoms with Crippen molar-refractivity contribution in [1.29, 1.82) is 0 Å². The molecule has 1 aromatic heterocycles. The summed E-state index contributed by atoms with van der Waals surface area (Å²) in [6.45, 7) is 4.21. The quantitative estimate of drug-likeness (QED) is 0.855. The second-order valence-corrected chi connectivity index (χ2v) is 6.78. The summed E-state index contributed by atoms with van der Waals surface area (Å²) in [6.07, 6.45) is 1.44. The maximum Gasteiger partial charge on any atom is 0.0945 e. The van der Waals surface area contributed by atoms with Gasteiger partial charge in [0.25, 0.3) is 0 Å². The van der Waals surface area contributed by atoms with Crippen LogP contribution in [0.15, 0.2) is 24.3 Å².